The van der Waals surface area contributed by atoms with E-state index in [1.165, 1.54) is 0 Å². The van der Waals surface area contributed by atoms with Gasteiger partial charge in [-0.15, -0.1) is 0 Å². The first kappa shape index (κ1) is 21.0. The fraction of sp³-hybridized carbons (Fsp3) is 0.429. The highest BCUT2D eigenvalue weighted by Crippen LogP contribution is 2.30. The van der Waals surface area contributed by atoms with E-state index in [-0.39, 0.29) is 43.0 Å². The van der Waals surface area contributed by atoms with Gasteiger partial charge in [0, 0.05) is 18.2 Å². The van der Waals surface area contributed by atoms with Crippen molar-refractivity contribution in [1.82, 2.24) is 15.3 Å². The molecule has 3 N–H and O–H groups in total. The number of hydrogen-bond donors (Lipinski definition) is 3. The summed E-state index contributed by atoms with van der Waals surface area (Å²) >= 11 is 0. The van der Waals surface area contributed by atoms with E-state index in [4.69, 9.17) is 19.3 Å². The first-order chi connectivity index (χ1) is 15.0. The first-order valence-corrected chi connectivity index (χ1v) is 10.0. The molecule has 2 aromatic rings. The molecule has 1 amide bonds. The molecule has 0 bridgehead atoms. The van der Waals surface area contributed by atoms with Crippen LogP contribution in [0.25, 0.3) is 11.3 Å². The van der Waals surface area contributed by atoms with E-state index in [1.807, 2.05) is 30.3 Å². The number of hydrogen-bond acceptors (Lipinski definition) is 8. The molecule has 164 valence electrons. The van der Waals surface area contributed by atoms with E-state index >= 15 is 0 Å². The maximum atomic E-state index is 12.0. The summed E-state index contributed by atoms with van der Waals surface area (Å²) < 4.78 is 17.1. The number of amides is 1. The van der Waals surface area contributed by atoms with Gasteiger partial charge in [-0.1, -0.05) is 12.1 Å². The average Bonchev–Trinajstić information content (AvgIpc) is 3.36. The molecule has 0 spiro atoms. The van der Waals surface area contributed by atoms with Crippen molar-refractivity contribution in [3.8, 4) is 17.0 Å². The number of aromatic nitrogens is 2. The number of para-hydroxylation sites is 1. The predicted molar refractivity (Wildman–Crippen MR) is 110 cm³/mol. The largest absolute Gasteiger partial charge is 0.496 e. The van der Waals surface area contributed by atoms with Crippen LogP contribution in [-0.2, 0) is 19.1 Å². The quantitative estimate of drug-likeness (QED) is 0.565. The molecular weight excluding hydrogens is 404 g/mol. The van der Waals surface area contributed by atoms with Crippen LogP contribution in [0.3, 0.4) is 0 Å². The number of benzene rings is 1. The minimum absolute atomic E-state index is 0.0749. The van der Waals surface area contributed by atoms with Crippen molar-refractivity contribution in [1.29, 1.82) is 0 Å². The third kappa shape index (κ3) is 4.75. The monoisotopic (exact) mass is 428 g/mol. The lowest BCUT2D eigenvalue weighted by atomic mass is 10.1. The number of fused-ring (bicyclic) bond motifs is 1. The van der Waals surface area contributed by atoms with Crippen LogP contribution in [0.4, 0.5) is 5.95 Å². The average molecular weight is 428 g/mol. The number of rotatable bonds is 8. The van der Waals surface area contributed by atoms with Gasteiger partial charge in [0.05, 0.1) is 44.5 Å². The molecule has 2 aliphatic rings. The van der Waals surface area contributed by atoms with Gasteiger partial charge in [0.15, 0.2) is 0 Å². The number of ether oxygens (including phenoxy) is 3. The van der Waals surface area contributed by atoms with Gasteiger partial charge < -0.3 is 30.0 Å². The molecule has 1 aromatic heterocycles. The molecule has 2 fully saturated rings. The molecule has 2 aliphatic heterocycles. The zero-order valence-corrected chi connectivity index (χ0v) is 17.0. The first-order valence-electron chi connectivity index (χ1n) is 10.0. The Bertz CT molecular complexity index is 955. The van der Waals surface area contributed by atoms with Crippen LogP contribution in [0.1, 0.15) is 12.8 Å². The number of carboxylic acid groups (broad SMARTS) is 1. The van der Waals surface area contributed by atoms with E-state index in [9.17, 15) is 9.59 Å². The number of methoxy groups -OCH3 is 1. The van der Waals surface area contributed by atoms with E-state index in [1.54, 1.807) is 13.3 Å². The molecule has 10 heteroatoms. The summed E-state index contributed by atoms with van der Waals surface area (Å²) in [6.45, 7) is 0.674. The Morgan fingerprint density at radius 1 is 1.13 bits per heavy atom. The predicted octanol–water partition coefficient (Wildman–Crippen LogP) is 1.08. The lowest BCUT2D eigenvalue weighted by Gasteiger charge is -2.18. The summed E-state index contributed by atoms with van der Waals surface area (Å²) in [5.74, 6) is -0.177. The third-order valence-electron chi connectivity index (χ3n) is 5.32. The Kier molecular flexibility index (Phi) is 6.28. The van der Waals surface area contributed by atoms with Crippen molar-refractivity contribution < 1.29 is 28.9 Å². The van der Waals surface area contributed by atoms with Gasteiger partial charge in [0.1, 0.15) is 18.0 Å². The molecule has 0 radical (unpaired) electrons. The summed E-state index contributed by atoms with van der Waals surface area (Å²) in [5.41, 5.74) is 1.58. The Labute approximate surface area is 178 Å². The number of anilines is 1. The Morgan fingerprint density at radius 2 is 1.87 bits per heavy atom. The van der Waals surface area contributed by atoms with Crippen LogP contribution >= 0.6 is 0 Å². The standard InChI is InChI=1S/C21H24N4O6/c1-29-16-5-3-2-4-12(16)13-8-9-22-21(24-13)25-15-11-31-19-14(10-30-20(15)19)23-17(26)6-7-18(27)28/h2-5,8-9,14-15,19-20H,6-7,10-11H2,1H3,(H,23,26)(H,27,28)(H,22,24,25). The molecule has 0 saturated carbocycles. The summed E-state index contributed by atoms with van der Waals surface area (Å²) in [7, 11) is 1.61. The van der Waals surface area contributed by atoms with Crippen LogP contribution in [0.15, 0.2) is 36.5 Å². The van der Waals surface area contributed by atoms with Crippen molar-refractivity contribution >= 4 is 17.8 Å². The van der Waals surface area contributed by atoms with Crippen LogP contribution in [0.5, 0.6) is 5.75 Å². The van der Waals surface area contributed by atoms with Gasteiger partial charge in [-0.2, -0.15) is 0 Å². The number of carbonyl (C=O) groups excluding carboxylic acids is 1. The summed E-state index contributed by atoms with van der Waals surface area (Å²) in [6.07, 6.45) is 0.796. The summed E-state index contributed by atoms with van der Waals surface area (Å²) in [4.78, 5) is 31.5. The van der Waals surface area contributed by atoms with Crippen molar-refractivity contribution in [3.05, 3.63) is 36.5 Å². The van der Waals surface area contributed by atoms with E-state index in [0.717, 1.165) is 17.0 Å². The molecule has 4 rings (SSSR count). The van der Waals surface area contributed by atoms with Crippen LogP contribution < -0.4 is 15.4 Å². The number of carbonyl (C=O) groups is 2. The van der Waals surface area contributed by atoms with Gasteiger partial charge in [-0.3, -0.25) is 9.59 Å². The highest BCUT2D eigenvalue weighted by Gasteiger charge is 2.48. The maximum absolute atomic E-state index is 12.0. The van der Waals surface area contributed by atoms with Gasteiger partial charge >= 0.3 is 5.97 Å². The zero-order chi connectivity index (χ0) is 21.8. The van der Waals surface area contributed by atoms with Gasteiger partial charge in [0.2, 0.25) is 11.9 Å². The number of nitrogens with zero attached hydrogens (tertiary/aromatic N) is 2. The summed E-state index contributed by atoms with van der Waals surface area (Å²) in [5, 5.41) is 14.8. The van der Waals surface area contributed by atoms with Gasteiger partial charge in [-0.25, -0.2) is 9.97 Å². The highest BCUT2D eigenvalue weighted by molar-refractivity contribution is 5.80. The molecule has 0 aliphatic carbocycles. The van der Waals surface area contributed by atoms with Gasteiger partial charge in [-0.05, 0) is 18.2 Å². The molecule has 31 heavy (non-hydrogen) atoms. The topological polar surface area (TPSA) is 132 Å². The second kappa shape index (κ2) is 9.27. The number of nitrogens with one attached hydrogen (secondary N) is 2. The lowest BCUT2D eigenvalue weighted by molar-refractivity contribution is -0.139. The van der Waals surface area contributed by atoms with Crippen LogP contribution in [0.2, 0.25) is 0 Å². The molecule has 4 unspecified atom stereocenters. The minimum Gasteiger partial charge on any atom is -0.496 e. The normalized spacial score (nSPS) is 24.4. The molecule has 10 nitrogen and oxygen atoms in total. The zero-order valence-electron chi connectivity index (χ0n) is 17.0. The third-order valence-corrected chi connectivity index (χ3v) is 5.32. The Balaban J connectivity index is 1.39. The van der Waals surface area contributed by atoms with Crippen molar-refractivity contribution in [2.75, 3.05) is 25.6 Å². The van der Waals surface area contributed by atoms with E-state index in [0.29, 0.717) is 19.2 Å². The van der Waals surface area contributed by atoms with Crippen LogP contribution in [0, 0.1) is 0 Å². The van der Waals surface area contributed by atoms with Crippen LogP contribution in [-0.4, -0.2) is 71.6 Å². The molecule has 2 saturated heterocycles. The van der Waals surface area contributed by atoms with E-state index < -0.39 is 5.97 Å². The molecule has 3 heterocycles. The Hall–Kier alpha value is -3.24. The highest BCUT2D eigenvalue weighted by atomic mass is 16.6. The van der Waals surface area contributed by atoms with Crippen molar-refractivity contribution in [2.24, 2.45) is 0 Å². The summed E-state index contributed by atoms with van der Waals surface area (Å²) in [6, 6.07) is 8.92. The fourth-order valence-electron chi connectivity index (χ4n) is 3.85. The molecular formula is C21H24N4O6. The minimum atomic E-state index is -1.01. The molecule has 1 aromatic carbocycles. The number of aliphatic carboxylic acids is 1. The van der Waals surface area contributed by atoms with E-state index in [2.05, 4.69) is 20.6 Å². The SMILES string of the molecule is COc1ccccc1-c1ccnc(NC2COC3C(NC(=O)CCC(=O)O)COC23)n1. The van der Waals surface area contributed by atoms with Crippen molar-refractivity contribution in [3.63, 3.8) is 0 Å². The lowest BCUT2D eigenvalue weighted by Crippen LogP contribution is -2.44. The number of carboxylic acids is 1. The van der Waals surface area contributed by atoms with Crippen molar-refractivity contribution in [2.45, 2.75) is 37.1 Å². The van der Waals surface area contributed by atoms with Gasteiger partial charge in [0.25, 0.3) is 0 Å². The second-order valence-corrected chi connectivity index (χ2v) is 7.38. The Morgan fingerprint density at radius 3 is 2.65 bits per heavy atom. The smallest absolute Gasteiger partial charge is 0.303 e. The maximum Gasteiger partial charge on any atom is 0.303 e. The molecule has 4 atom stereocenters. The fourth-order valence-corrected chi connectivity index (χ4v) is 3.85. The second-order valence-electron chi connectivity index (χ2n) is 7.38.